The first-order chi connectivity index (χ1) is 9.13. The van der Waals surface area contributed by atoms with Crippen LogP contribution in [0.25, 0.3) is 11.1 Å². The highest BCUT2D eigenvalue weighted by Gasteiger charge is 2.16. The average Bonchev–Trinajstić information content (AvgIpc) is 2.36. The molecule has 0 saturated heterocycles. The van der Waals surface area contributed by atoms with E-state index in [0.717, 1.165) is 11.0 Å². The average molecular weight is 297 g/mol. The van der Waals surface area contributed by atoms with E-state index in [1.165, 1.54) is 24.1 Å². The second-order valence-corrected chi connectivity index (χ2v) is 5.12. The number of para-hydroxylation sites is 1. The van der Waals surface area contributed by atoms with Gasteiger partial charge in [0.15, 0.2) is 0 Å². The van der Waals surface area contributed by atoms with Crippen molar-refractivity contribution in [2.24, 2.45) is 4.99 Å². The largest absolute Gasteiger partial charge is 0.300 e. The Morgan fingerprint density at radius 2 is 1.84 bits per heavy atom. The molecule has 1 aliphatic rings. The Kier molecular flexibility index (Phi) is 3.16. The summed E-state index contributed by atoms with van der Waals surface area (Å²) >= 11 is 7.15. The Hall–Kier alpha value is -1.59. The summed E-state index contributed by atoms with van der Waals surface area (Å²) in [5, 5.41) is 0.238. The second kappa shape index (κ2) is 4.83. The quantitative estimate of drug-likeness (QED) is 0.620. The van der Waals surface area contributed by atoms with Crippen molar-refractivity contribution in [3.05, 3.63) is 48.0 Å². The molecule has 0 unspecified atom stereocenters. The molecule has 0 saturated carbocycles. The topological polar surface area (TPSA) is 24.4 Å². The van der Waals surface area contributed by atoms with E-state index < -0.39 is 11.6 Å². The first kappa shape index (κ1) is 12.4. The zero-order chi connectivity index (χ0) is 13.4. The number of halogens is 3. The van der Waals surface area contributed by atoms with Crippen LogP contribution in [0.2, 0.25) is 0 Å². The Labute approximate surface area is 117 Å². The highest BCUT2D eigenvalue weighted by Crippen LogP contribution is 2.40. The van der Waals surface area contributed by atoms with Crippen LogP contribution in [0, 0.1) is 11.6 Å². The summed E-state index contributed by atoms with van der Waals surface area (Å²) < 4.78 is 29.4. The van der Waals surface area contributed by atoms with Gasteiger partial charge in [-0.1, -0.05) is 12.1 Å². The lowest BCUT2D eigenvalue weighted by molar-refractivity contribution is 0.584. The molecule has 2 nitrogen and oxygen atoms in total. The highest BCUT2D eigenvalue weighted by atomic mass is 35.5. The van der Waals surface area contributed by atoms with Gasteiger partial charge in [0.2, 0.25) is 5.29 Å². The molecule has 0 spiro atoms. The molecular weight excluding hydrogens is 290 g/mol. The maximum absolute atomic E-state index is 13.3. The maximum atomic E-state index is 13.3. The summed E-state index contributed by atoms with van der Waals surface area (Å²) in [6.45, 7) is 0. The smallest absolute Gasteiger partial charge is 0.206 e. The molecule has 0 radical (unpaired) electrons. The van der Waals surface area contributed by atoms with E-state index in [4.69, 9.17) is 11.6 Å². The SMILES string of the molecule is Fc1cc(F)cc(-c2cccc3c2N=C(Cl)NS3)c1. The van der Waals surface area contributed by atoms with Crippen LogP contribution in [0.4, 0.5) is 14.5 Å². The van der Waals surface area contributed by atoms with Crippen molar-refractivity contribution in [1.82, 2.24) is 4.72 Å². The molecule has 0 aliphatic carbocycles. The van der Waals surface area contributed by atoms with Gasteiger partial charge < -0.3 is 4.72 Å². The van der Waals surface area contributed by atoms with Crippen LogP contribution in [0.5, 0.6) is 0 Å². The first-order valence-electron chi connectivity index (χ1n) is 5.40. The summed E-state index contributed by atoms with van der Waals surface area (Å²) in [6, 6.07) is 8.81. The van der Waals surface area contributed by atoms with Crippen molar-refractivity contribution in [3.8, 4) is 11.1 Å². The van der Waals surface area contributed by atoms with Gasteiger partial charge >= 0.3 is 0 Å². The number of hydrogen-bond acceptors (Lipinski definition) is 3. The molecule has 2 aromatic rings. The monoisotopic (exact) mass is 296 g/mol. The van der Waals surface area contributed by atoms with Crippen molar-refractivity contribution in [1.29, 1.82) is 0 Å². The molecule has 3 rings (SSSR count). The Morgan fingerprint density at radius 3 is 2.58 bits per heavy atom. The molecule has 6 heteroatoms. The third-order valence-electron chi connectivity index (χ3n) is 2.63. The number of nitrogens with zero attached hydrogens (tertiary/aromatic N) is 1. The third-order valence-corrected chi connectivity index (χ3v) is 3.76. The van der Waals surface area contributed by atoms with E-state index in [0.29, 0.717) is 16.8 Å². The standard InChI is InChI=1S/C13H7ClF2N2S/c14-13-17-12-10(2-1-3-11(12)19-18-13)7-4-8(15)6-9(16)5-7/h1-6H,(H,17,18). The lowest BCUT2D eigenvalue weighted by Gasteiger charge is -2.16. The van der Waals surface area contributed by atoms with Crippen molar-refractivity contribution < 1.29 is 8.78 Å². The zero-order valence-electron chi connectivity index (χ0n) is 9.45. The van der Waals surface area contributed by atoms with Gasteiger partial charge in [-0.15, -0.1) is 0 Å². The fourth-order valence-electron chi connectivity index (χ4n) is 1.88. The Balaban J connectivity index is 2.22. The summed E-state index contributed by atoms with van der Waals surface area (Å²) in [5.74, 6) is -1.24. The molecular formula is C13H7ClF2N2S. The lowest BCUT2D eigenvalue weighted by atomic mass is 10.0. The highest BCUT2D eigenvalue weighted by molar-refractivity contribution is 7.98. The molecule has 1 aliphatic heterocycles. The van der Waals surface area contributed by atoms with Crippen molar-refractivity contribution in [2.45, 2.75) is 4.90 Å². The number of fused-ring (bicyclic) bond motifs is 1. The van der Waals surface area contributed by atoms with Gasteiger partial charge in [-0.25, -0.2) is 13.8 Å². The Morgan fingerprint density at radius 1 is 1.11 bits per heavy atom. The van der Waals surface area contributed by atoms with Gasteiger partial charge in [-0.2, -0.15) is 0 Å². The van der Waals surface area contributed by atoms with E-state index in [1.807, 2.05) is 6.07 Å². The van der Waals surface area contributed by atoms with Gasteiger partial charge in [0.25, 0.3) is 0 Å². The molecule has 1 N–H and O–H groups in total. The lowest BCUT2D eigenvalue weighted by Crippen LogP contribution is -2.11. The maximum Gasteiger partial charge on any atom is 0.206 e. The molecule has 0 amide bonds. The van der Waals surface area contributed by atoms with Gasteiger partial charge in [0.05, 0.1) is 10.6 Å². The number of aliphatic imine (C=N–C) groups is 1. The van der Waals surface area contributed by atoms with Gasteiger partial charge in [-0.3, -0.25) is 0 Å². The predicted molar refractivity (Wildman–Crippen MR) is 73.7 cm³/mol. The second-order valence-electron chi connectivity index (χ2n) is 3.92. The van der Waals surface area contributed by atoms with Gasteiger partial charge in [0.1, 0.15) is 11.6 Å². The van der Waals surface area contributed by atoms with Crippen molar-refractivity contribution >= 4 is 34.5 Å². The molecule has 0 fully saturated rings. The molecule has 0 atom stereocenters. The summed E-state index contributed by atoms with van der Waals surface area (Å²) in [6.07, 6.45) is 0. The predicted octanol–water partition coefficient (Wildman–Crippen LogP) is 4.47. The van der Waals surface area contributed by atoms with Crippen LogP contribution in [0.15, 0.2) is 46.3 Å². The molecule has 96 valence electrons. The van der Waals surface area contributed by atoms with E-state index >= 15 is 0 Å². The van der Waals surface area contributed by atoms with E-state index in [-0.39, 0.29) is 5.29 Å². The van der Waals surface area contributed by atoms with E-state index in [9.17, 15) is 8.78 Å². The molecule has 1 heterocycles. The van der Waals surface area contributed by atoms with Crippen LogP contribution < -0.4 is 4.72 Å². The van der Waals surface area contributed by atoms with Gasteiger partial charge in [0, 0.05) is 11.6 Å². The first-order valence-corrected chi connectivity index (χ1v) is 6.59. The number of benzene rings is 2. The van der Waals surface area contributed by atoms with E-state index in [2.05, 4.69) is 9.71 Å². The van der Waals surface area contributed by atoms with E-state index in [1.54, 1.807) is 12.1 Å². The number of rotatable bonds is 1. The molecule has 19 heavy (non-hydrogen) atoms. The number of hydrogen-bond donors (Lipinski definition) is 1. The minimum Gasteiger partial charge on any atom is -0.300 e. The minimum absolute atomic E-state index is 0.238. The van der Waals surface area contributed by atoms with Crippen LogP contribution in [-0.4, -0.2) is 5.29 Å². The molecule has 2 aromatic carbocycles. The van der Waals surface area contributed by atoms with Crippen molar-refractivity contribution in [2.75, 3.05) is 0 Å². The fraction of sp³-hybridized carbons (Fsp3) is 0. The number of amidine groups is 1. The fourth-order valence-corrected chi connectivity index (χ4v) is 2.72. The zero-order valence-corrected chi connectivity index (χ0v) is 11.0. The third kappa shape index (κ3) is 2.43. The van der Waals surface area contributed by atoms with Crippen LogP contribution in [0.1, 0.15) is 0 Å². The summed E-state index contributed by atoms with van der Waals surface area (Å²) in [5.41, 5.74) is 1.69. The molecule has 0 aromatic heterocycles. The summed E-state index contributed by atoms with van der Waals surface area (Å²) in [4.78, 5) is 5.04. The van der Waals surface area contributed by atoms with Crippen LogP contribution in [0.3, 0.4) is 0 Å². The van der Waals surface area contributed by atoms with Crippen molar-refractivity contribution in [3.63, 3.8) is 0 Å². The minimum atomic E-state index is -0.621. The Bertz CT molecular complexity index is 668. The number of nitrogens with one attached hydrogen (secondary N) is 1. The molecule has 0 bridgehead atoms. The summed E-state index contributed by atoms with van der Waals surface area (Å²) in [7, 11) is 0. The van der Waals surface area contributed by atoms with Crippen LogP contribution >= 0.6 is 23.5 Å². The van der Waals surface area contributed by atoms with Gasteiger partial charge in [-0.05, 0) is 47.3 Å². The normalized spacial score (nSPS) is 13.5. The van der Waals surface area contributed by atoms with Crippen LogP contribution in [-0.2, 0) is 0 Å².